The van der Waals surface area contributed by atoms with Crippen molar-refractivity contribution in [3.8, 4) is 11.3 Å². The van der Waals surface area contributed by atoms with E-state index in [1.54, 1.807) is 30.3 Å². The smallest absolute Gasteiger partial charge is 0.159 e. The van der Waals surface area contributed by atoms with E-state index in [1.807, 2.05) is 6.07 Å². The molecule has 0 radical (unpaired) electrons. The summed E-state index contributed by atoms with van der Waals surface area (Å²) in [7, 11) is 0. The molecule has 0 spiro atoms. The molecule has 0 aliphatic heterocycles. The molecule has 94 valence electrons. The first-order valence-corrected chi connectivity index (χ1v) is 5.94. The maximum Gasteiger partial charge on any atom is 0.159 e. The molecule has 0 aliphatic rings. The first-order valence-electron chi connectivity index (χ1n) is 5.94. The number of furan rings is 1. The van der Waals surface area contributed by atoms with Crippen LogP contribution in [0.5, 0.6) is 0 Å². The third-order valence-corrected chi connectivity index (χ3v) is 3.05. The van der Waals surface area contributed by atoms with Crippen LogP contribution in [0, 0.1) is 5.82 Å². The Morgan fingerprint density at radius 2 is 1.79 bits per heavy atom. The van der Waals surface area contributed by atoms with E-state index < -0.39 is 0 Å². The van der Waals surface area contributed by atoms with Gasteiger partial charge in [-0.3, -0.25) is 4.79 Å². The molecule has 2 aromatic carbocycles. The number of Topliss-reactive ketones (excluding diaryl/α,β-unsaturated/α-hetero) is 1. The average Bonchev–Trinajstić information content (AvgIpc) is 2.82. The van der Waals surface area contributed by atoms with E-state index in [9.17, 15) is 9.18 Å². The second-order valence-electron chi connectivity index (χ2n) is 4.43. The highest BCUT2D eigenvalue weighted by molar-refractivity contribution is 5.98. The Hall–Kier alpha value is -2.42. The summed E-state index contributed by atoms with van der Waals surface area (Å²) in [5.74, 6) is 0.404. The van der Waals surface area contributed by atoms with Crippen molar-refractivity contribution in [2.24, 2.45) is 0 Å². The summed E-state index contributed by atoms with van der Waals surface area (Å²) in [4.78, 5) is 11.3. The van der Waals surface area contributed by atoms with Crippen LogP contribution in [-0.2, 0) is 0 Å². The Kier molecular flexibility index (Phi) is 2.67. The summed E-state index contributed by atoms with van der Waals surface area (Å²) in [6.07, 6.45) is 0. The van der Waals surface area contributed by atoms with Gasteiger partial charge in [0, 0.05) is 16.5 Å². The third kappa shape index (κ3) is 2.15. The van der Waals surface area contributed by atoms with Crippen molar-refractivity contribution < 1.29 is 13.6 Å². The van der Waals surface area contributed by atoms with Crippen molar-refractivity contribution in [1.29, 1.82) is 0 Å². The fourth-order valence-corrected chi connectivity index (χ4v) is 2.02. The van der Waals surface area contributed by atoms with Gasteiger partial charge in [-0.1, -0.05) is 0 Å². The number of halogens is 1. The van der Waals surface area contributed by atoms with Crippen LogP contribution in [0.25, 0.3) is 22.3 Å². The molecule has 0 saturated heterocycles. The van der Waals surface area contributed by atoms with Gasteiger partial charge in [-0.15, -0.1) is 0 Å². The molecule has 1 aromatic heterocycles. The normalized spacial score (nSPS) is 10.8. The van der Waals surface area contributed by atoms with Gasteiger partial charge in [-0.05, 0) is 55.5 Å². The zero-order chi connectivity index (χ0) is 13.4. The first-order chi connectivity index (χ1) is 9.13. The molecule has 0 amide bonds. The lowest BCUT2D eigenvalue weighted by atomic mass is 10.1. The zero-order valence-corrected chi connectivity index (χ0v) is 10.3. The van der Waals surface area contributed by atoms with Crippen molar-refractivity contribution in [3.63, 3.8) is 0 Å². The van der Waals surface area contributed by atoms with Gasteiger partial charge in [0.1, 0.15) is 17.2 Å². The van der Waals surface area contributed by atoms with Crippen molar-refractivity contribution >= 4 is 16.8 Å². The van der Waals surface area contributed by atoms with Crippen LogP contribution in [0.4, 0.5) is 4.39 Å². The van der Waals surface area contributed by atoms with Gasteiger partial charge in [0.2, 0.25) is 0 Å². The number of benzene rings is 2. The van der Waals surface area contributed by atoms with E-state index in [2.05, 4.69) is 0 Å². The van der Waals surface area contributed by atoms with Crippen LogP contribution >= 0.6 is 0 Å². The molecule has 1 heterocycles. The Balaban J connectivity index is 2.11. The monoisotopic (exact) mass is 254 g/mol. The molecular weight excluding hydrogens is 243 g/mol. The predicted octanol–water partition coefficient (Wildman–Crippen LogP) is 4.44. The van der Waals surface area contributed by atoms with E-state index in [-0.39, 0.29) is 11.6 Å². The van der Waals surface area contributed by atoms with Gasteiger partial charge in [0.05, 0.1) is 0 Å². The average molecular weight is 254 g/mol. The maximum atomic E-state index is 12.9. The molecule has 2 nitrogen and oxygen atoms in total. The number of hydrogen-bond donors (Lipinski definition) is 0. The molecule has 0 N–H and O–H groups in total. The Labute approximate surface area is 109 Å². The maximum absolute atomic E-state index is 12.9. The Bertz CT molecular complexity index is 754. The summed E-state index contributed by atoms with van der Waals surface area (Å²) in [6.45, 7) is 1.53. The molecule has 19 heavy (non-hydrogen) atoms. The minimum absolute atomic E-state index is 0.0198. The van der Waals surface area contributed by atoms with Crippen molar-refractivity contribution in [3.05, 3.63) is 59.9 Å². The van der Waals surface area contributed by atoms with E-state index in [1.165, 1.54) is 19.1 Å². The van der Waals surface area contributed by atoms with Gasteiger partial charge >= 0.3 is 0 Å². The van der Waals surface area contributed by atoms with E-state index in [4.69, 9.17) is 4.42 Å². The minimum atomic E-state index is -0.279. The fraction of sp³-hybridized carbons (Fsp3) is 0.0625. The van der Waals surface area contributed by atoms with Gasteiger partial charge in [0.25, 0.3) is 0 Å². The van der Waals surface area contributed by atoms with E-state index in [0.717, 1.165) is 10.9 Å². The molecule has 0 bridgehead atoms. The SMILES string of the molecule is CC(=O)c1ccc2oc(-c3ccc(F)cc3)cc2c1. The molecule has 0 aliphatic carbocycles. The molecule has 0 fully saturated rings. The summed E-state index contributed by atoms with van der Waals surface area (Å²) in [5, 5.41) is 0.868. The topological polar surface area (TPSA) is 30.2 Å². The largest absolute Gasteiger partial charge is 0.456 e. The Morgan fingerprint density at radius 3 is 2.47 bits per heavy atom. The second-order valence-corrected chi connectivity index (χ2v) is 4.43. The number of hydrogen-bond acceptors (Lipinski definition) is 2. The van der Waals surface area contributed by atoms with Gasteiger partial charge < -0.3 is 4.42 Å². The highest BCUT2D eigenvalue weighted by Crippen LogP contribution is 2.28. The lowest BCUT2D eigenvalue weighted by molar-refractivity contribution is 0.101. The highest BCUT2D eigenvalue weighted by atomic mass is 19.1. The molecule has 0 atom stereocenters. The van der Waals surface area contributed by atoms with Crippen molar-refractivity contribution in [1.82, 2.24) is 0 Å². The number of carbonyl (C=O) groups excluding carboxylic acids is 1. The standard InChI is InChI=1S/C16H11FO2/c1-10(18)12-4-7-15-13(8-12)9-16(19-15)11-2-5-14(17)6-3-11/h2-9H,1H3. The van der Waals surface area contributed by atoms with Crippen LogP contribution in [-0.4, -0.2) is 5.78 Å². The molecule has 0 saturated carbocycles. The van der Waals surface area contributed by atoms with Crippen LogP contribution in [0.3, 0.4) is 0 Å². The van der Waals surface area contributed by atoms with Gasteiger partial charge in [-0.2, -0.15) is 0 Å². The second kappa shape index (κ2) is 4.35. The lowest BCUT2D eigenvalue weighted by Gasteiger charge is -1.95. The molecule has 3 heteroatoms. The molecule has 3 aromatic rings. The minimum Gasteiger partial charge on any atom is -0.456 e. The van der Waals surface area contributed by atoms with Crippen LogP contribution < -0.4 is 0 Å². The van der Waals surface area contributed by atoms with Crippen molar-refractivity contribution in [2.75, 3.05) is 0 Å². The summed E-state index contributed by atoms with van der Waals surface area (Å²) < 4.78 is 18.6. The highest BCUT2D eigenvalue weighted by Gasteiger charge is 2.08. The summed E-state index contributed by atoms with van der Waals surface area (Å²) >= 11 is 0. The fourth-order valence-electron chi connectivity index (χ4n) is 2.02. The number of carbonyl (C=O) groups is 1. The zero-order valence-electron chi connectivity index (χ0n) is 10.3. The van der Waals surface area contributed by atoms with Crippen LogP contribution in [0.15, 0.2) is 52.9 Å². The summed E-state index contributed by atoms with van der Waals surface area (Å²) in [6, 6.07) is 13.3. The lowest BCUT2D eigenvalue weighted by Crippen LogP contribution is -1.89. The molecule has 0 unspecified atom stereocenters. The van der Waals surface area contributed by atoms with Crippen molar-refractivity contribution in [2.45, 2.75) is 6.92 Å². The predicted molar refractivity (Wildman–Crippen MR) is 71.6 cm³/mol. The van der Waals surface area contributed by atoms with Gasteiger partial charge in [0.15, 0.2) is 5.78 Å². The molecule has 3 rings (SSSR count). The van der Waals surface area contributed by atoms with Crippen LogP contribution in [0.2, 0.25) is 0 Å². The number of fused-ring (bicyclic) bond motifs is 1. The molecular formula is C16H11FO2. The van der Waals surface area contributed by atoms with Gasteiger partial charge in [-0.25, -0.2) is 4.39 Å². The quantitative estimate of drug-likeness (QED) is 0.633. The Morgan fingerprint density at radius 1 is 1.05 bits per heavy atom. The van der Waals surface area contributed by atoms with E-state index >= 15 is 0 Å². The summed E-state index contributed by atoms with van der Waals surface area (Å²) in [5.41, 5.74) is 2.17. The third-order valence-electron chi connectivity index (χ3n) is 3.05. The number of rotatable bonds is 2. The first kappa shape index (κ1) is 11.7. The van der Waals surface area contributed by atoms with Crippen LogP contribution in [0.1, 0.15) is 17.3 Å². The van der Waals surface area contributed by atoms with E-state index in [0.29, 0.717) is 16.9 Å². The number of ketones is 1.